The summed E-state index contributed by atoms with van der Waals surface area (Å²) < 4.78 is 6.00. The van der Waals surface area contributed by atoms with Gasteiger partial charge in [-0.15, -0.1) is 0 Å². The Morgan fingerprint density at radius 3 is 2.69 bits per heavy atom. The molecule has 2 N–H and O–H groups in total. The molecule has 0 unspecified atom stereocenters. The number of fused-ring (bicyclic) bond motifs is 1. The van der Waals surface area contributed by atoms with Gasteiger partial charge in [-0.1, -0.05) is 29.3 Å². The van der Waals surface area contributed by atoms with Gasteiger partial charge in [-0.3, -0.25) is 0 Å². The fourth-order valence-electron chi connectivity index (χ4n) is 5.33. The van der Waals surface area contributed by atoms with E-state index in [2.05, 4.69) is 33.1 Å². The van der Waals surface area contributed by atoms with Gasteiger partial charge in [0.05, 0.1) is 18.3 Å². The highest BCUT2D eigenvalue weighted by Crippen LogP contribution is 2.38. The Kier molecular flexibility index (Phi) is 7.49. The molecule has 0 spiro atoms. The third-order valence-corrected chi connectivity index (χ3v) is 7.95. The number of anilines is 3. The van der Waals surface area contributed by atoms with E-state index >= 15 is 0 Å². The van der Waals surface area contributed by atoms with Crippen LogP contribution >= 0.6 is 23.2 Å². The number of β-amino-alcohol motifs (C(OH)–C–C–N with tert-alkyl or cyclic N) is 1. The predicted molar refractivity (Wildman–Crippen MR) is 147 cm³/mol. The van der Waals surface area contributed by atoms with Crippen LogP contribution in [0.2, 0.25) is 10.0 Å². The average molecular weight is 534 g/mol. The summed E-state index contributed by atoms with van der Waals surface area (Å²) in [5.41, 5.74) is 3.03. The molecule has 10 heteroatoms. The monoisotopic (exact) mass is 532 g/mol. The van der Waals surface area contributed by atoms with Gasteiger partial charge in [-0.25, -0.2) is 0 Å². The molecule has 0 radical (unpaired) electrons. The van der Waals surface area contributed by atoms with Crippen molar-refractivity contribution >= 4 is 52.0 Å². The van der Waals surface area contributed by atoms with E-state index in [9.17, 15) is 5.11 Å². The smallest absolute Gasteiger partial charge is 0.299 e. The summed E-state index contributed by atoms with van der Waals surface area (Å²) in [6.45, 7) is 7.19. The number of piperidine rings is 1. The molecule has 2 fully saturated rings. The van der Waals surface area contributed by atoms with Crippen molar-refractivity contribution in [1.29, 1.82) is 0 Å². The van der Waals surface area contributed by atoms with Gasteiger partial charge in [0.25, 0.3) is 11.7 Å². The maximum absolute atomic E-state index is 9.32. The normalized spacial score (nSPS) is 19.9. The molecule has 3 aromatic rings. The van der Waals surface area contributed by atoms with E-state index in [4.69, 9.17) is 32.6 Å². The van der Waals surface area contributed by atoms with Crippen LogP contribution in [0.4, 0.5) is 17.5 Å². The highest BCUT2D eigenvalue weighted by molar-refractivity contribution is 6.35. The summed E-state index contributed by atoms with van der Waals surface area (Å²) >= 11 is 12.6. The molecule has 0 amide bonds. The molecule has 1 aromatic carbocycles. The van der Waals surface area contributed by atoms with E-state index in [0.29, 0.717) is 39.1 Å². The van der Waals surface area contributed by atoms with E-state index in [1.54, 1.807) is 6.07 Å². The number of likely N-dealkylation sites (tertiary alicyclic amines) is 1. The number of nitrogens with zero attached hydrogens (tertiary/aromatic N) is 5. The highest BCUT2D eigenvalue weighted by Gasteiger charge is 2.36. The van der Waals surface area contributed by atoms with Crippen LogP contribution in [0, 0.1) is 11.8 Å². The maximum Gasteiger partial charge on any atom is 0.299 e. The van der Waals surface area contributed by atoms with Crippen LogP contribution in [0.3, 0.4) is 0 Å². The summed E-state index contributed by atoms with van der Waals surface area (Å²) in [4.78, 5) is 16.1. The Hall–Kier alpha value is -2.26. The highest BCUT2D eigenvalue weighted by atomic mass is 35.5. The van der Waals surface area contributed by atoms with E-state index < -0.39 is 0 Å². The number of benzene rings is 1. The van der Waals surface area contributed by atoms with Gasteiger partial charge < -0.3 is 29.5 Å². The van der Waals surface area contributed by atoms with E-state index in [0.717, 1.165) is 49.8 Å². The van der Waals surface area contributed by atoms with Crippen molar-refractivity contribution in [3.8, 4) is 0 Å². The summed E-state index contributed by atoms with van der Waals surface area (Å²) in [5, 5.41) is 14.1. The molecule has 8 nitrogen and oxygen atoms in total. The van der Waals surface area contributed by atoms with Crippen LogP contribution in [0.15, 0.2) is 28.7 Å². The molecule has 2 aromatic heterocycles. The number of halogens is 2. The van der Waals surface area contributed by atoms with Gasteiger partial charge in [-0.05, 0) is 55.8 Å². The van der Waals surface area contributed by atoms with E-state index in [1.807, 2.05) is 31.1 Å². The SMILES string of the molecule is C[C@@H](Nc1cc(N2CC([C@H]3CCCN(CCO)C3)C2)nc2oc(N(C)C)nc12)c1ccc(Cl)cc1Cl. The van der Waals surface area contributed by atoms with Crippen LogP contribution in [0.5, 0.6) is 0 Å². The van der Waals surface area contributed by atoms with Gasteiger partial charge >= 0.3 is 0 Å². The second kappa shape index (κ2) is 10.6. The molecule has 2 aliphatic rings. The average Bonchev–Trinajstić information content (AvgIpc) is 3.24. The van der Waals surface area contributed by atoms with Crippen LogP contribution < -0.4 is 15.1 Å². The number of pyridine rings is 1. The van der Waals surface area contributed by atoms with Gasteiger partial charge in [0.1, 0.15) is 5.82 Å². The Bertz CT molecular complexity index is 1210. The molecule has 194 valence electrons. The number of oxazole rings is 1. The first-order valence-corrected chi connectivity index (χ1v) is 13.4. The lowest BCUT2D eigenvalue weighted by Crippen LogP contribution is -2.54. The van der Waals surface area contributed by atoms with Crippen molar-refractivity contribution in [1.82, 2.24) is 14.9 Å². The Balaban J connectivity index is 1.37. The number of aliphatic hydroxyl groups is 1. The molecule has 5 rings (SSSR count). The number of aromatic nitrogens is 2. The Morgan fingerprint density at radius 1 is 1.17 bits per heavy atom. The number of nitrogens with one attached hydrogen (secondary N) is 1. The van der Waals surface area contributed by atoms with Crippen LogP contribution in [0.1, 0.15) is 31.4 Å². The van der Waals surface area contributed by atoms with Crippen molar-refractivity contribution in [2.24, 2.45) is 11.8 Å². The standard InChI is InChI=1S/C26H34Cl2N6O2/c1-16(20-7-6-19(27)11-21(20)28)29-22-12-23(30-25-24(22)31-26(36-25)32(2)3)34-14-18(15-34)17-5-4-8-33(13-17)9-10-35/h6-7,11-12,16-18,35H,4-5,8-10,13-15H2,1-3H3,(H,29,30)/t16-,17+/m1/s1. The zero-order valence-electron chi connectivity index (χ0n) is 21.0. The minimum Gasteiger partial charge on any atom is -0.404 e. The van der Waals surface area contributed by atoms with Crippen molar-refractivity contribution in [3.63, 3.8) is 0 Å². The predicted octanol–water partition coefficient (Wildman–Crippen LogP) is 4.91. The second-order valence-corrected chi connectivity index (χ2v) is 11.0. The van der Waals surface area contributed by atoms with Crippen molar-refractivity contribution in [2.75, 3.05) is 68.5 Å². The fraction of sp³-hybridized carbons (Fsp3) is 0.538. The summed E-state index contributed by atoms with van der Waals surface area (Å²) in [6, 6.07) is 8.07. The zero-order valence-corrected chi connectivity index (χ0v) is 22.6. The lowest BCUT2D eigenvalue weighted by Gasteiger charge is -2.47. The van der Waals surface area contributed by atoms with Gasteiger partial charge in [0.2, 0.25) is 0 Å². The first-order chi connectivity index (χ1) is 17.3. The minimum atomic E-state index is -0.0726. The quantitative estimate of drug-likeness (QED) is 0.423. The number of aliphatic hydroxyl groups excluding tert-OH is 1. The maximum atomic E-state index is 9.32. The molecule has 36 heavy (non-hydrogen) atoms. The molecule has 0 saturated carbocycles. The molecule has 0 aliphatic carbocycles. The number of rotatable bonds is 8. The molecule has 2 atom stereocenters. The zero-order chi connectivity index (χ0) is 25.4. The topological polar surface area (TPSA) is 80.9 Å². The van der Waals surface area contributed by atoms with Gasteiger partial charge in [0.15, 0.2) is 5.52 Å². The third-order valence-electron chi connectivity index (χ3n) is 7.38. The molecular weight excluding hydrogens is 499 g/mol. The van der Waals surface area contributed by atoms with Crippen molar-refractivity contribution in [2.45, 2.75) is 25.8 Å². The van der Waals surface area contributed by atoms with Gasteiger partial charge in [-0.2, -0.15) is 9.97 Å². The van der Waals surface area contributed by atoms with Crippen LogP contribution in [-0.4, -0.2) is 73.4 Å². The minimum absolute atomic E-state index is 0.0726. The van der Waals surface area contributed by atoms with E-state index in [1.165, 1.54) is 12.8 Å². The summed E-state index contributed by atoms with van der Waals surface area (Å²) in [6.07, 6.45) is 2.46. The molecule has 4 heterocycles. The van der Waals surface area contributed by atoms with E-state index in [-0.39, 0.29) is 12.6 Å². The second-order valence-electron chi connectivity index (χ2n) is 10.2. The van der Waals surface area contributed by atoms with Crippen molar-refractivity contribution in [3.05, 3.63) is 39.9 Å². The first kappa shape index (κ1) is 25.4. The van der Waals surface area contributed by atoms with Crippen LogP contribution in [0.25, 0.3) is 11.2 Å². The van der Waals surface area contributed by atoms with Crippen LogP contribution in [-0.2, 0) is 0 Å². The Labute approximate surface area is 222 Å². The molecule has 2 aliphatic heterocycles. The fourth-order valence-corrected chi connectivity index (χ4v) is 5.90. The molecular formula is C26H34Cl2N6O2. The van der Waals surface area contributed by atoms with Crippen molar-refractivity contribution < 1.29 is 9.52 Å². The summed E-state index contributed by atoms with van der Waals surface area (Å²) in [5.74, 6) is 2.19. The lowest BCUT2D eigenvalue weighted by molar-refractivity contribution is 0.102. The first-order valence-electron chi connectivity index (χ1n) is 12.6. The number of hydrogen-bond acceptors (Lipinski definition) is 8. The molecule has 0 bridgehead atoms. The number of hydrogen-bond donors (Lipinski definition) is 2. The summed E-state index contributed by atoms with van der Waals surface area (Å²) in [7, 11) is 3.80. The Morgan fingerprint density at radius 2 is 1.97 bits per heavy atom. The molecule has 2 saturated heterocycles. The third kappa shape index (κ3) is 5.23. The largest absolute Gasteiger partial charge is 0.404 e. The lowest BCUT2D eigenvalue weighted by atomic mass is 9.80. The van der Waals surface area contributed by atoms with Gasteiger partial charge in [0, 0.05) is 56.4 Å².